The van der Waals surface area contributed by atoms with Crippen molar-refractivity contribution < 1.29 is 9.72 Å². The van der Waals surface area contributed by atoms with E-state index in [2.05, 4.69) is 11.2 Å². The van der Waals surface area contributed by atoms with E-state index < -0.39 is 4.92 Å². The highest BCUT2D eigenvalue weighted by Gasteiger charge is 2.12. The maximum absolute atomic E-state index is 11.5. The molecule has 0 heterocycles. The van der Waals surface area contributed by atoms with E-state index in [0.29, 0.717) is 11.1 Å². The summed E-state index contributed by atoms with van der Waals surface area (Å²) in [6, 6.07) is 4.17. The van der Waals surface area contributed by atoms with Crippen LogP contribution in [0.25, 0.3) is 0 Å². The van der Waals surface area contributed by atoms with Crippen LogP contribution >= 0.6 is 0 Å². The number of aryl methyl sites for hydroxylation is 1. The predicted octanol–water partition coefficient (Wildman–Crippen LogP) is 1.27. The van der Waals surface area contributed by atoms with Crippen LogP contribution in [-0.2, 0) is 0 Å². The summed E-state index contributed by atoms with van der Waals surface area (Å²) in [6.07, 6.45) is 4.99. The van der Waals surface area contributed by atoms with E-state index in [0.717, 1.165) is 0 Å². The number of nitrogens with zero attached hydrogens (tertiary/aromatic N) is 1. The Labute approximate surface area is 92.6 Å². The van der Waals surface area contributed by atoms with Gasteiger partial charge in [-0.2, -0.15) is 0 Å². The van der Waals surface area contributed by atoms with Crippen molar-refractivity contribution in [1.82, 2.24) is 5.32 Å². The van der Waals surface area contributed by atoms with E-state index in [-0.39, 0.29) is 18.1 Å². The number of nitro groups is 1. The number of hydrogen-bond acceptors (Lipinski definition) is 3. The Morgan fingerprint density at radius 3 is 2.81 bits per heavy atom. The van der Waals surface area contributed by atoms with Gasteiger partial charge in [0.15, 0.2) is 0 Å². The standard InChI is InChI=1S/C11H10N2O3/c1-3-6-12-11(14)9-4-5-10(13(15)16)8(2)7-9/h1,4-5,7H,6H2,2H3,(H,12,14). The van der Waals surface area contributed by atoms with Crippen molar-refractivity contribution in [2.75, 3.05) is 6.54 Å². The first-order valence-corrected chi connectivity index (χ1v) is 4.53. The van der Waals surface area contributed by atoms with E-state index in [1.807, 2.05) is 0 Å². The van der Waals surface area contributed by atoms with E-state index in [1.54, 1.807) is 6.92 Å². The van der Waals surface area contributed by atoms with Crippen molar-refractivity contribution in [3.63, 3.8) is 0 Å². The maximum Gasteiger partial charge on any atom is 0.272 e. The lowest BCUT2D eigenvalue weighted by Crippen LogP contribution is -2.23. The molecule has 5 nitrogen and oxygen atoms in total. The van der Waals surface area contributed by atoms with Crippen LogP contribution in [-0.4, -0.2) is 17.4 Å². The van der Waals surface area contributed by atoms with E-state index >= 15 is 0 Å². The molecule has 0 fully saturated rings. The minimum atomic E-state index is -0.488. The SMILES string of the molecule is C#CCNC(=O)c1ccc([N+](=O)[O-])c(C)c1. The average Bonchev–Trinajstić information content (AvgIpc) is 2.25. The second-order valence-electron chi connectivity index (χ2n) is 3.15. The molecule has 0 radical (unpaired) electrons. The summed E-state index contributed by atoms with van der Waals surface area (Å²) in [5.41, 5.74) is 0.796. The highest BCUT2D eigenvalue weighted by atomic mass is 16.6. The summed E-state index contributed by atoms with van der Waals surface area (Å²) in [5.74, 6) is 1.94. The molecule has 0 saturated heterocycles. The number of carbonyl (C=O) groups excluding carboxylic acids is 1. The molecular formula is C11H10N2O3. The van der Waals surface area contributed by atoms with Crippen LogP contribution in [0, 0.1) is 29.4 Å². The van der Waals surface area contributed by atoms with E-state index in [9.17, 15) is 14.9 Å². The first kappa shape index (κ1) is 11.7. The van der Waals surface area contributed by atoms with Crippen LogP contribution in [0.5, 0.6) is 0 Å². The van der Waals surface area contributed by atoms with Crippen molar-refractivity contribution in [3.05, 3.63) is 39.4 Å². The minimum Gasteiger partial charge on any atom is -0.341 e. The van der Waals surface area contributed by atoms with Crippen LogP contribution in [0.15, 0.2) is 18.2 Å². The molecule has 16 heavy (non-hydrogen) atoms. The summed E-state index contributed by atoms with van der Waals surface area (Å²) in [4.78, 5) is 21.5. The minimum absolute atomic E-state index is 0.00602. The van der Waals surface area contributed by atoms with Gasteiger partial charge in [-0.15, -0.1) is 6.42 Å². The molecule has 0 aliphatic carbocycles. The molecular weight excluding hydrogens is 208 g/mol. The van der Waals surface area contributed by atoms with Crippen LogP contribution in [0.1, 0.15) is 15.9 Å². The Bertz CT molecular complexity index is 475. The van der Waals surface area contributed by atoms with Crippen LogP contribution in [0.2, 0.25) is 0 Å². The smallest absolute Gasteiger partial charge is 0.272 e. The first-order chi connectivity index (χ1) is 7.56. The first-order valence-electron chi connectivity index (χ1n) is 4.53. The summed E-state index contributed by atoms with van der Waals surface area (Å²) in [6.45, 7) is 1.71. The number of rotatable bonds is 3. The topological polar surface area (TPSA) is 72.2 Å². The number of carbonyl (C=O) groups is 1. The Morgan fingerprint density at radius 2 is 2.31 bits per heavy atom. The van der Waals surface area contributed by atoms with Crippen LogP contribution in [0.3, 0.4) is 0 Å². The van der Waals surface area contributed by atoms with Gasteiger partial charge in [-0.25, -0.2) is 0 Å². The predicted molar refractivity (Wildman–Crippen MR) is 59.0 cm³/mol. The molecule has 1 rings (SSSR count). The molecule has 1 amide bonds. The highest BCUT2D eigenvalue weighted by molar-refractivity contribution is 5.94. The molecule has 0 atom stereocenters. The fraction of sp³-hybridized carbons (Fsp3) is 0.182. The molecule has 0 saturated carbocycles. The normalized spacial score (nSPS) is 9.25. The Balaban J connectivity index is 2.93. The molecule has 1 aromatic rings. The second kappa shape index (κ2) is 4.94. The van der Waals surface area contributed by atoms with E-state index in [4.69, 9.17) is 6.42 Å². The van der Waals surface area contributed by atoms with Gasteiger partial charge in [0.1, 0.15) is 0 Å². The number of nitro benzene ring substituents is 1. The lowest BCUT2D eigenvalue weighted by atomic mass is 10.1. The fourth-order valence-corrected chi connectivity index (χ4v) is 1.23. The molecule has 1 aromatic carbocycles. The Hall–Kier alpha value is -2.35. The summed E-state index contributed by atoms with van der Waals surface area (Å²) < 4.78 is 0. The summed E-state index contributed by atoms with van der Waals surface area (Å²) >= 11 is 0. The second-order valence-corrected chi connectivity index (χ2v) is 3.15. The number of benzene rings is 1. The molecule has 0 spiro atoms. The lowest BCUT2D eigenvalue weighted by Gasteiger charge is -2.03. The van der Waals surface area contributed by atoms with Crippen molar-refractivity contribution >= 4 is 11.6 Å². The molecule has 0 aromatic heterocycles. The van der Waals surface area contributed by atoms with Gasteiger partial charge < -0.3 is 5.32 Å². The molecule has 0 bridgehead atoms. The zero-order valence-corrected chi connectivity index (χ0v) is 8.69. The van der Waals surface area contributed by atoms with Gasteiger partial charge in [0.2, 0.25) is 0 Å². The van der Waals surface area contributed by atoms with Crippen molar-refractivity contribution in [1.29, 1.82) is 0 Å². The third-order valence-corrected chi connectivity index (χ3v) is 2.01. The number of amides is 1. The summed E-state index contributed by atoms with van der Waals surface area (Å²) in [7, 11) is 0. The van der Waals surface area contributed by atoms with Gasteiger partial charge in [0, 0.05) is 17.2 Å². The zero-order chi connectivity index (χ0) is 12.1. The average molecular weight is 218 g/mol. The van der Waals surface area contributed by atoms with E-state index in [1.165, 1.54) is 18.2 Å². The largest absolute Gasteiger partial charge is 0.341 e. The Kier molecular flexibility index (Phi) is 3.62. The third-order valence-electron chi connectivity index (χ3n) is 2.01. The quantitative estimate of drug-likeness (QED) is 0.471. The van der Waals surface area contributed by atoms with Crippen LogP contribution < -0.4 is 5.32 Å². The van der Waals surface area contributed by atoms with Crippen molar-refractivity contribution in [3.8, 4) is 12.3 Å². The fourth-order valence-electron chi connectivity index (χ4n) is 1.23. The molecule has 5 heteroatoms. The molecule has 0 aliphatic rings. The van der Waals surface area contributed by atoms with Crippen molar-refractivity contribution in [2.24, 2.45) is 0 Å². The molecule has 0 unspecified atom stereocenters. The summed E-state index contributed by atoms with van der Waals surface area (Å²) in [5, 5.41) is 13.0. The van der Waals surface area contributed by atoms with Gasteiger partial charge in [-0.05, 0) is 19.1 Å². The monoisotopic (exact) mass is 218 g/mol. The van der Waals surface area contributed by atoms with Gasteiger partial charge in [0.25, 0.3) is 11.6 Å². The Morgan fingerprint density at radius 1 is 1.62 bits per heavy atom. The lowest BCUT2D eigenvalue weighted by molar-refractivity contribution is -0.385. The molecule has 1 N–H and O–H groups in total. The zero-order valence-electron chi connectivity index (χ0n) is 8.69. The van der Waals surface area contributed by atoms with Gasteiger partial charge >= 0.3 is 0 Å². The van der Waals surface area contributed by atoms with Gasteiger partial charge in [-0.1, -0.05) is 5.92 Å². The van der Waals surface area contributed by atoms with Crippen molar-refractivity contribution in [2.45, 2.75) is 6.92 Å². The number of hydrogen-bond donors (Lipinski definition) is 1. The molecule has 0 aliphatic heterocycles. The highest BCUT2D eigenvalue weighted by Crippen LogP contribution is 2.18. The molecule has 82 valence electrons. The van der Waals surface area contributed by atoms with Gasteiger partial charge in [0.05, 0.1) is 11.5 Å². The third kappa shape index (κ3) is 2.58. The maximum atomic E-state index is 11.5. The van der Waals surface area contributed by atoms with Crippen LogP contribution in [0.4, 0.5) is 5.69 Å². The number of nitrogens with one attached hydrogen (secondary N) is 1. The van der Waals surface area contributed by atoms with Gasteiger partial charge in [-0.3, -0.25) is 14.9 Å². The number of terminal acetylenes is 1.